The lowest BCUT2D eigenvalue weighted by molar-refractivity contribution is 0.447. The molecule has 0 saturated carbocycles. The topological polar surface area (TPSA) is 72.0 Å². The van der Waals surface area contributed by atoms with Gasteiger partial charge in [0.25, 0.3) is 0 Å². The van der Waals surface area contributed by atoms with Crippen LogP contribution >= 0.6 is 0 Å². The second-order valence-electron chi connectivity index (χ2n) is 3.48. The average molecular weight is 249 g/mol. The number of nitrogens with one attached hydrogen (secondary N) is 1. The van der Waals surface area contributed by atoms with Crippen LogP contribution in [0.1, 0.15) is 5.56 Å². The van der Waals surface area contributed by atoms with Gasteiger partial charge in [0.1, 0.15) is 11.6 Å². The summed E-state index contributed by atoms with van der Waals surface area (Å²) in [4.78, 5) is 3.89. The normalized spacial score (nSPS) is 10.1. The molecular formula is C12H9F2N3O. The number of hydrogen-bond acceptors (Lipinski definition) is 3. The van der Waals surface area contributed by atoms with Crippen LogP contribution in [-0.4, -0.2) is 10.8 Å². The van der Waals surface area contributed by atoms with E-state index in [0.717, 1.165) is 12.1 Å². The zero-order valence-corrected chi connectivity index (χ0v) is 9.15. The maximum absolute atomic E-state index is 12.9. The van der Waals surface area contributed by atoms with Crippen LogP contribution in [0.3, 0.4) is 0 Å². The molecule has 0 aliphatic heterocycles. The summed E-state index contributed by atoms with van der Waals surface area (Å²) >= 11 is 0. The average Bonchev–Trinajstić information content (AvgIpc) is 2.34. The van der Waals surface area contributed by atoms with Crippen molar-refractivity contribution in [2.75, 3.05) is 0 Å². The third kappa shape index (κ3) is 2.60. The summed E-state index contributed by atoms with van der Waals surface area (Å²) in [7, 11) is 0. The van der Waals surface area contributed by atoms with Crippen molar-refractivity contribution in [3.8, 4) is 11.6 Å². The van der Waals surface area contributed by atoms with Gasteiger partial charge in [-0.05, 0) is 18.2 Å². The van der Waals surface area contributed by atoms with Gasteiger partial charge in [-0.2, -0.15) is 0 Å². The molecule has 0 radical (unpaired) electrons. The number of nitrogens with zero attached hydrogens (tertiary/aromatic N) is 1. The molecule has 1 heterocycles. The maximum Gasteiger partial charge on any atom is 0.219 e. The van der Waals surface area contributed by atoms with E-state index in [0.29, 0.717) is 5.56 Å². The summed E-state index contributed by atoms with van der Waals surface area (Å²) in [5, 5.41) is 7.18. The molecule has 1 aromatic heterocycles. The van der Waals surface area contributed by atoms with Crippen LogP contribution in [0.25, 0.3) is 0 Å². The fourth-order valence-corrected chi connectivity index (χ4v) is 1.26. The number of halogens is 2. The first-order chi connectivity index (χ1) is 8.56. The van der Waals surface area contributed by atoms with Gasteiger partial charge < -0.3 is 10.5 Å². The SMILES string of the molecule is N=C(N)c1ccc(Oc2ccc(F)c(F)c2)nc1. The summed E-state index contributed by atoms with van der Waals surface area (Å²) in [5.41, 5.74) is 5.72. The predicted molar refractivity (Wildman–Crippen MR) is 61.7 cm³/mol. The Labute approximate surface area is 102 Å². The molecule has 2 rings (SSSR count). The highest BCUT2D eigenvalue weighted by atomic mass is 19.2. The van der Waals surface area contributed by atoms with E-state index in [2.05, 4.69) is 4.98 Å². The van der Waals surface area contributed by atoms with Crippen molar-refractivity contribution in [3.05, 3.63) is 53.7 Å². The van der Waals surface area contributed by atoms with E-state index in [-0.39, 0.29) is 17.5 Å². The number of benzene rings is 1. The molecule has 3 N–H and O–H groups in total. The molecule has 6 heteroatoms. The number of aromatic nitrogens is 1. The van der Waals surface area contributed by atoms with Gasteiger partial charge in [-0.3, -0.25) is 5.41 Å². The smallest absolute Gasteiger partial charge is 0.219 e. The van der Waals surface area contributed by atoms with Crippen molar-refractivity contribution in [2.45, 2.75) is 0 Å². The Bertz CT molecular complexity index is 584. The van der Waals surface area contributed by atoms with Crippen molar-refractivity contribution in [2.24, 2.45) is 5.73 Å². The van der Waals surface area contributed by atoms with Gasteiger partial charge >= 0.3 is 0 Å². The van der Waals surface area contributed by atoms with Crippen molar-refractivity contribution >= 4 is 5.84 Å². The number of amidine groups is 1. The summed E-state index contributed by atoms with van der Waals surface area (Å²) < 4.78 is 30.8. The molecule has 1 aromatic carbocycles. The summed E-state index contributed by atoms with van der Waals surface area (Å²) in [6.45, 7) is 0. The molecule has 2 aromatic rings. The molecule has 0 bridgehead atoms. The lowest BCUT2D eigenvalue weighted by Crippen LogP contribution is -2.11. The Kier molecular flexibility index (Phi) is 3.18. The standard InChI is InChI=1S/C12H9F2N3O/c13-9-3-2-8(5-10(9)14)18-11-4-1-7(6-17-11)12(15)16/h1-6H,(H3,15,16). The summed E-state index contributed by atoms with van der Waals surface area (Å²) in [6.07, 6.45) is 1.36. The van der Waals surface area contributed by atoms with Crippen molar-refractivity contribution in [1.82, 2.24) is 4.98 Å². The quantitative estimate of drug-likeness (QED) is 0.648. The molecule has 0 fully saturated rings. The van der Waals surface area contributed by atoms with E-state index in [1.54, 1.807) is 6.07 Å². The first kappa shape index (κ1) is 12.0. The second-order valence-corrected chi connectivity index (χ2v) is 3.48. The van der Waals surface area contributed by atoms with Crippen LogP contribution in [0.2, 0.25) is 0 Å². The van der Waals surface area contributed by atoms with E-state index < -0.39 is 11.6 Å². The molecule has 92 valence electrons. The molecule has 0 aliphatic carbocycles. The van der Waals surface area contributed by atoms with Crippen LogP contribution in [-0.2, 0) is 0 Å². The zero-order chi connectivity index (χ0) is 13.1. The Morgan fingerprint density at radius 1 is 1.17 bits per heavy atom. The van der Waals surface area contributed by atoms with Gasteiger partial charge in [0.05, 0.1) is 0 Å². The first-order valence-electron chi connectivity index (χ1n) is 4.99. The molecule has 18 heavy (non-hydrogen) atoms. The molecule has 0 amide bonds. The van der Waals surface area contributed by atoms with E-state index in [1.165, 1.54) is 18.3 Å². The lowest BCUT2D eigenvalue weighted by atomic mass is 10.3. The highest BCUT2D eigenvalue weighted by Gasteiger charge is 2.05. The molecular weight excluding hydrogens is 240 g/mol. The predicted octanol–water partition coefficient (Wildman–Crippen LogP) is 2.44. The molecule has 4 nitrogen and oxygen atoms in total. The fraction of sp³-hybridized carbons (Fsp3) is 0. The van der Waals surface area contributed by atoms with Crippen LogP contribution < -0.4 is 10.5 Å². The molecule has 0 aliphatic rings. The number of rotatable bonds is 3. The highest BCUT2D eigenvalue weighted by molar-refractivity contribution is 5.94. The Hall–Kier alpha value is -2.50. The monoisotopic (exact) mass is 249 g/mol. The number of hydrogen-bond donors (Lipinski definition) is 2. The fourth-order valence-electron chi connectivity index (χ4n) is 1.26. The molecule has 0 unspecified atom stereocenters. The maximum atomic E-state index is 12.9. The summed E-state index contributed by atoms with van der Waals surface area (Å²) in [6, 6.07) is 6.21. The molecule has 0 spiro atoms. The van der Waals surface area contributed by atoms with Crippen LogP contribution in [0, 0.1) is 17.0 Å². The van der Waals surface area contributed by atoms with Crippen molar-refractivity contribution < 1.29 is 13.5 Å². The molecule has 0 atom stereocenters. The van der Waals surface area contributed by atoms with E-state index in [1.807, 2.05) is 0 Å². The third-order valence-corrected chi connectivity index (χ3v) is 2.16. The Morgan fingerprint density at radius 3 is 2.50 bits per heavy atom. The first-order valence-corrected chi connectivity index (χ1v) is 4.99. The van der Waals surface area contributed by atoms with Gasteiger partial charge in [-0.15, -0.1) is 0 Å². The van der Waals surface area contributed by atoms with Gasteiger partial charge in [-0.25, -0.2) is 13.8 Å². The van der Waals surface area contributed by atoms with Crippen LogP contribution in [0.4, 0.5) is 8.78 Å². The van der Waals surface area contributed by atoms with E-state index in [4.69, 9.17) is 15.9 Å². The Balaban J connectivity index is 2.18. The van der Waals surface area contributed by atoms with E-state index in [9.17, 15) is 8.78 Å². The van der Waals surface area contributed by atoms with E-state index >= 15 is 0 Å². The zero-order valence-electron chi connectivity index (χ0n) is 9.15. The Morgan fingerprint density at radius 2 is 1.94 bits per heavy atom. The van der Waals surface area contributed by atoms with Crippen LogP contribution in [0.5, 0.6) is 11.6 Å². The third-order valence-electron chi connectivity index (χ3n) is 2.16. The second kappa shape index (κ2) is 4.79. The molecule has 0 saturated heterocycles. The number of pyridine rings is 1. The minimum atomic E-state index is -0.993. The highest BCUT2D eigenvalue weighted by Crippen LogP contribution is 2.21. The number of nitrogens with two attached hydrogens (primary N) is 1. The van der Waals surface area contributed by atoms with Gasteiger partial charge in [0, 0.05) is 23.9 Å². The minimum Gasteiger partial charge on any atom is -0.439 e. The summed E-state index contributed by atoms with van der Waals surface area (Å²) in [5.74, 6) is -1.71. The number of nitrogen functional groups attached to an aromatic ring is 1. The van der Waals surface area contributed by atoms with Gasteiger partial charge in [0.15, 0.2) is 11.6 Å². The van der Waals surface area contributed by atoms with Crippen LogP contribution in [0.15, 0.2) is 36.5 Å². The van der Waals surface area contributed by atoms with Crippen molar-refractivity contribution in [1.29, 1.82) is 5.41 Å². The van der Waals surface area contributed by atoms with Gasteiger partial charge in [-0.1, -0.05) is 0 Å². The minimum absolute atomic E-state index is 0.109. The van der Waals surface area contributed by atoms with Crippen molar-refractivity contribution in [3.63, 3.8) is 0 Å². The largest absolute Gasteiger partial charge is 0.439 e. The lowest BCUT2D eigenvalue weighted by Gasteiger charge is -2.05. The van der Waals surface area contributed by atoms with Gasteiger partial charge in [0.2, 0.25) is 5.88 Å². The number of ether oxygens (including phenoxy) is 1.